The molecule has 2 N–H and O–H groups in total. The number of thiazole rings is 1. The van der Waals surface area contributed by atoms with Crippen molar-refractivity contribution < 1.29 is 0 Å². The summed E-state index contributed by atoms with van der Waals surface area (Å²) in [6.45, 7) is 4.67. The maximum Gasteiger partial charge on any atom is 0.0941 e. The Morgan fingerprint density at radius 2 is 2.05 bits per heavy atom. The first-order chi connectivity index (χ1) is 9.19. The summed E-state index contributed by atoms with van der Waals surface area (Å²) in [5, 5.41) is 3.28. The van der Waals surface area contributed by atoms with Crippen molar-refractivity contribution in [2.75, 3.05) is 13.6 Å². The largest absolute Gasteiger partial charge is 0.330 e. The van der Waals surface area contributed by atoms with E-state index in [2.05, 4.69) is 53.5 Å². The van der Waals surface area contributed by atoms with E-state index < -0.39 is 0 Å². The fraction of sp³-hybridized carbons (Fsp3) is 0.400. The van der Waals surface area contributed by atoms with Crippen molar-refractivity contribution in [2.24, 2.45) is 5.73 Å². The predicted octanol–water partition coefficient (Wildman–Crippen LogP) is 2.58. The summed E-state index contributed by atoms with van der Waals surface area (Å²) in [6, 6.07) is 8.52. The van der Waals surface area contributed by atoms with E-state index in [9.17, 15) is 0 Å². The molecule has 0 radical (unpaired) electrons. The number of nitrogens with two attached hydrogens (primary N) is 1. The first-order valence-electron chi connectivity index (χ1n) is 6.55. The van der Waals surface area contributed by atoms with Crippen LogP contribution in [0.1, 0.15) is 21.8 Å². The van der Waals surface area contributed by atoms with Crippen LogP contribution >= 0.6 is 11.3 Å². The van der Waals surface area contributed by atoms with Gasteiger partial charge in [0, 0.05) is 24.9 Å². The van der Waals surface area contributed by atoms with Gasteiger partial charge in [0.2, 0.25) is 0 Å². The number of benzene rings is 1. The van der Waals surface area contributed by atoms with Crippen molar-refractivity contribution in [1.82, 2.24) is 9.88 Å². The Hall–Kier alpha value is -1.23. The van der Waals surface area contributed by atoms with Crippen LogP contribution in [0.2, 0.25) is 0 Å². The third-order valence-electron chi connectivity index (χ3n) is 3.09. The second kappa shape index (κ2) is 6.80. The standard InChI is InChI=1S/C15H21N3S/c1-12-5-3-4-6-13(12)9-18(2)10-14-11-19-15(17-14)7-8-16/h3-6,11H,7-10,16H2,1-2H3. The van der Waals surface area contributed by atoms with Crippen LogP contribution in [-0.2, 0) is 19.5 Å². The zero-order valence-electron chi connectivity index (χ0n) is 11.6. The lowest BCUT2D eigenvalue weighted by Gasteiger charge is -2.16. The molecule has 0 saturated carbocycles. The highest BCUT2D eigenvalue weighted by Crippen LogP contribution is 2.14. The molecule has 0 saturated heterocycles. The average Bonchev–Trinajstić information content (AvgIpc) is 2.80. The van der Waals surface area contributed by atoms with Crippen LogP contribution in [0, 0.1) is 6.92 Å². The van der Waals surface area contributed by atoms with Crippen LogP contribution in [0.25, 0.3) is 0 Å². The summed E-state index contributed by atoms with van der Waals surface area (Å²) in [4.78, 5) is 6.90. The van der Waals surface area contributed by atoms with E-state index in [4.69, 9.17) is 5.73 Å². The number of aromatic nitrogens is 1. The van der Waals surface area contributed by atoms with Crippen molar-refractivity contribution in [1.29, 1.82) is 0 Å². The second-order valence-corrected chi connectivity index (χ2v) is 5.81. The van der Waals surface area contributed by atoms with Gasteiger partial charge in [-0.2, -0.15) is 0 Å². The first kappa shape index (κ1) is 14.2. The Morgan fingerprint density at radius 1 is 1.26 bits per heavy atom. The Morgan fingerprint density at radius 3 is 2.79 bits per heavy atom. The summed E-state index contributed by atoms with van der Waals surface area (Å²) in [5.41, 5.74) is 9.41. The molecule has 4 heteroatoms. The molecule has 0 aliphatic rings. The van der Waals surface area contributed by atoms with Crippen molar-refractivity contribution in [3.8, 4) is 0 Å². The fourth-order valence-electron chi connectivity index (χ4n) is 2.07. The van der Waals surface area contributed by atoms with Gasteiger partial charge < -0.3 is 5.73 Å². The number of aryl methyl sites for hydroxylation is 1. The molecule has 0 aliphatic carbocycles. The van der Waals surface area contributed by atoms with Crippen LogP contribution < -0.4 is 5.73 Å². The maximum absolute atomic E-state index is 5.55. The minimum absolute atomic E-state index is 0.673. The highest BCUT2D eigenvalue weighted by Gasteiger charge is 2.07. The smallest absolute Gasteiger partial charge is 0.0941 e. The minimum atomic E-state index is 0.673. The highest BCUT2D eigenvalue weighted by molar-refractivity contribution is 7.09. The van der Waals surface area contributed by atoms with Gasteiger partial charge in [-0.1, -0.05) is 24.3 Å². The molecule has 0 fully saturated rings. The third-order valence-corrected chi connectivity index (χ3v) is 4.05. The topological polar surface area (TPSA) is 42.1 Å². The van der Waals surface area contributed by atoms with E-state index in [1.165, 1.54) is 11.1 Å². The molecule has 19 heavy (non-hydrogen) atoms. The van der Waals surface area contributed by atoms with Crippen LogP contribution in [-0.4, -0.2) is 23.5 Å². The summed E-state index contributed by atoms with van der Waals surface area (Å²) in [6.07, 6.45) is 0.881. The van der Waals surface area contributed by atoms with E-state index in [-0.39, 0.29) is 0 Å². The minimum Gasteiger partial charge on any atom is -0.330 e. The van der Waals surface area contributed by atoms with Gasteiger partial charge in [-0.05, 0) is 31.6 Å². The van der Waals surface area contributed by atoms with Crippen molar-refractivity contribution in [2.45, 2.75) is 26.4 Å². The van der Waals surface area contributed by atoms with E-state index in [0.717, 1.165) is 30.2 Å². The van der Waals surface area contributed by atoms with Gasteiger partial charge in [-0.25, -0.2) is 4.98 Å². The van der Waals surface area contributed by atoms with Crippen molar-refractivity contribution in [3.05, 3.63) is 51.5 Å². The van der Waals surface area contributed by atoms with Gasteiger partial charge in [0.25, 0.3) is 0 Å². The molecular weight excluding hydrogens is 254 g/mol. The van der Waals surface area contributed by atoms with Crippen LogP contribution in [0.5, 0.6) is 0 Å². The summed E-state index contributed by atoms with van der Waals surface area (Å²) < 4.78 is 0. The number of hydrogen-bond donors (Lipinski definition) is 1. The highest BCUT2D eigenvalue weighted by atomic mass is 32.1. The predicted molar refractivity (Wildman–Crippen MR) is 81.2 cm³/mol. The molecule has 1 aromatic carbocycles. The quantitative estimate of drug-likeness (QED) is 0.881. The van der Waals surface area contributed by atoms with E-state index >= 15 is 0 Å². The van der Waals surface area contributed by atoms with E-state index in [1.807, 2.05) is 0 Å². The molecule has 102 valence electrons. The third kappa shape index (κ3) is 4.13. The molecule has 2 rings (SSSR count). The SMILES string of the molecule is Cc1ccccc1CN(C)Cc1csc(CCN)n1. The van der Waals surface area contributed by atoms with Gasteiger partial charge in [0.1, 0.15) is 0 Å². The lowest BCUT2D eigenvalue weighted by Crippen LogP contribution is -2.18. The molecule has 1 aromatic heterocycles. The van der Waals surface area contributed by atoms with Crippen LogP contribution in [0.3, 0.4) is 0 Å². The number of nitrogens with zero attached hydrogens (tertiary/aromatic N) is 2. The van der Waals surface area contributed by atoms with Crippen LogP contribution in [0.4, 0.5) is 0 Å². The fourth-order valence-corrected chi connectivity index (χ4v) is 2.88. The molecule has 0 spiro atoms. The van der Waals surface area contributed by atoms with Gasteiger partial charge in [-0.15, -0.1) is 11.3 Å². The first-order valence-corrected chi connectivity index (χ1v) is 7.43. The lowest BCUT2D eigenvalue weighted by atomic mass is 10.1. The monoisotopic (exact) mass is 275 g/mol. The summed E-state index contributed by atoms with van der Waals surface area (Å²) in [7, 11) is 2.13. The van der Waals surface area contributed by atoms with Gasteiger partial charge >= 0.3 is 0 Å². The molecule has 0 unspecified atom stereocenters. The van der Waals surface area contributed by atoms with Crippen molar-refractivity contribution >= 4 is 11.3 Å². The Kier molecular flexibility index (Phi) is 5.07. The zero-order valence-corrected chi connectivity index (χ0v) is 12.4. The van der Waals surface area contributed by atoms with Gasteiger partial charge in [0.15, 0.2) is 0 Å². The van der Waals surface area contributed by atoms with Crippen molar-refractivity contribution in [3.63, 3.8) is 0 Å². The average molecular weight is 275 g/mol. The molecule has 0 amide bonds. The van der Waals surface area contributed by atoms with E-state index in [1.54, 1.807) is 11.3 Å². The Balaban J connectivity index is 1.93. The zero-order chi connectivity index (χ0) is 13.7. The molecule has 0 atom stereocenters. The molecule has 0 bridgehead atoms. The second-order valence-electron chi connectivity index (χ2n) is 4.87. The van der Waals surface area contributed by atoms with Gasteiger partial charge in [-0.3, -0.25) is 4.90 Å². The normalized spacial score (nSPS) is 11.2. The molecule has 1 heterocycles. The summed E-state index contributed by atoms with van der Waals surface area (Å²) >= 11 is 1.71. The molecule has 2 aromatic rings. The molecule has 3 nitrogen and oxygen atoms in total. The van der Waals surface area contributed by atoms with Gasteiger partial charge in [0.05, 0.1) is 10.7 Å². The molecular formula is C15H21N3S. The Labute approximate surface area is 119 Å². The lowest BCUT2D eigenvalue weighted by molar-refractivity contribution is 0.315. The number of hydrogen-bond acceptors (Lipinski definition) is 4. The molecule has 0 aliphatic heterocycles. The van der Waals surface area contributed by atoms with E-state index in [0.29, 0.717) is 6.54 Å². The maximum atomic E-state index is 5.55. The summed E-state index contributed by atoms with van der Waals surface area (Å²) in [5.74, 6) is 0. The number of rotatable bonds is 6. The Bertz CT molecular complexity index is 522. The van der Waals surface area contributed by atoms with Crippen LogP contribution in [0.15, 0.2) is 29.6 Å².